The van der Waals surface area contributed by atoms with Crippen molar-refractivity contribution in [1.82, 2.24) is 10.2 Å². The van der Waals surface area contributed by atoms with E-state index in [0.717, 1.165) is 16.9 Å². The minimum atomic E-state index is -3.93. The van der Waals surface area contributed by atoms with Crippen LogP contribution in [0, 0.1) is 0 Å². The van der Waals surface area contributed by atoms with Crippen molar-refractivity contribution >= 4 is 38.1 Å². The molecule has 0 spiro atoms. The van der Waals surface area contributed by atoms with Gasteiger partial charge in [0.15, 0.2) is 0 Å². The lowest BCUT2D eigenvalue weighted by Gasteiger charge is -2.21. The van der Waals surface area contributed by atoms with E-state index in [1.807, 2.05) is 37.3 Å². The van der Waals surface area contributed by atoms with Gasteiger partial charge in [-0.1, -0.05) is 48.6 Å². The van der Waals surface area contributed by atoms with Crippen LogP contribution in [-0.4, -0.2) is 38.2 Å². The number of methoxy groups -OCH3 is 1. The van der Waals surface area contributed by atoms with Crippen molar-refractivity contribution in [2.45, 2.75) is 30.5 Å². The number of carbonyl (C=O) groups excluding carboxylic acids is 1. The van der Waals surface area contributed by atoms with E-state index in [1.165, 1.54) is 4.31 Å². The fraction of sp³-hybridized carbons (Fsp3) is 0.286. The molecule has 3 rings (SSSR count). The zero-order chi connectivity index (χ0) is 22.4. The molecule has 8 nitrogen and oxygen atoms in total. The van der Waals surface area contributed by atoms with Gasteiger partial charge in [-0.05, 0) is 43.2 Å². The summed E-state index contributed by atoms with van der Waals surface area (Å²) in [5.41, 5.74) is 1.37. The van der Waals surface area contributed by atoms with Gasteiger partial charge in [0.2, 0.25) is 11.0 Å². The van der Waals surface area contributed by atoms with Gasteiger partial charge in [0.1, 0.15) is 5.75 Å². The summed E-state index contributed by atoms with van der Waals surface area (Å²) in [5.74, 6) is 0.00917. The first kappa shape index (κ1) is 22.7. The predicted molar refractivity (Wildman–Crippen MR) is 121 cm³/mol. The number of nitrogens with zero attached hydrogens (tertiary/aromatic N) is 3. The summed E-state index contributed by atoms with van der Waals surface area (Å²) in [7, 11) is -2.39. The Morgan fingerprint density at radius 1 is 1.10 bits per heavy atom. The van der Waals surface area contributed by atoms with Gasteiger partial charge in [-0.2, -0.15) is 8.42 Å². The summed E-state index contributed by atoms with van der Waals surface area (Å²) in [5, 5.41) is 10.6. The third-order valence-electron chi connectivity index (χ3n) is 4.72. The molecule has 0 radical (unpaired) electrons. The number of hydrogen-bond acceptors (Lipinski definition) is 7. The molecule has 0 aliphatic carbocycles. The lowest BCUT2D eigenvalue weighted by molar-refractivity contribution is -0.117. The molecule has 0 saturated heterocycles. The fourth-order valence-corrected chi connectivity index (χ4v) is 5.63. The molecule has 0 bridgehead atoms. The second-order valence-electron chi connectivity index (χ2n) is 6.60. The Hall–Kier alpha value is -2.98. The number of benzene rings is 2. The number of rotatable bonds is 9. The van der Waals surface area contributed by atoms with Crippen LogP contribution < -0.4 is 14.4 Å². The van der Waals surface area contributed by atoms with Crippen LogP contribution in [0.15, 0.2) is 58.9 Å². The first-order chi connectivity index (χ1) is 14.9. The summed E-state index contributed by atoms with van der Waals surface area (Å²) in [4.78, 5) is 12.7. The van der Waals surface area contributed by atoms with Crippen molar-refractivity contribution in [2.24, 2.45) is 0 Å². The maximum atomic E-state index is 13.1. The monoisotopic (exact) mass is 460 g/mol. The Kier molecular flexibility index (Phi) is 7.24. The molecular formula is C21H24N4O4S2. The molecule has 1 aromatic heterocycles. The molecule has 1 amide bonds. The Morgan fingerprint density at radius 2 is 1.77 bits per heavy atom. The predicted octanol–water partition coefficient (Wildman–Crippen LogP) is 3.89. The molecule has 164 valence electrons. The highest BCUT2D eigenvalue weighted by Crippen LogP contribution is 2.29. The van der Waals surface area contributed by atoms with Crippen LogP contribution in [0.1, 0.15) is 31.7 Å². The lowest BCUT2D eigenvalue weighted by atomic mass is 9.96. The molecule has 2 aromatic carbocycles. The maximum absolute atomic E-state index is 13.1. The van der Waals surface area contributed by atoms with Crippen LogP contribution in [0.2, 0.25) is 0 Å². The Morgan fingerprint density at radius 3 is 2.35 bits per heavy atom. The van der Waals surface area contributed by atoms with E-state index in [-0.39, 0.29) is 27.8 Å². The summed E-state index contributed by atoms with van der Waals surface area (Å²) in [6.07, 6.45) is 0.598. The number of anilines is 2. The summed E-state index contributed by atoms with van der Waals surface area (Å²) >= 11 is 0.829. The highest BCUT2D eigenvalue weighted by atomic mass is 32.2. The second kappa shape index (κ2) is 9.88. The van der Waals surface area contributed by atoms with Crippen LogP contribution in [0.5, 0.6) is 5.75 Å². The van der Waals surface area contributed by atoms with E-state index in [9.17, 15) is 13.2 Å². The topological polar surface area (TPSA) is 101 Å². The maximum Gasteiger partial charge on any atom is 0.293 e. The molecule has 3 aromatic rings. The Balaban J connectivity index is 1.80. The Labute approximate surface area is 185 Å². The highest BCUT2D eigenvalue weighted by molar-refractivity contribution is 7.94. The van der Waals surface area contributed by atoms with Crippen molar-refractivity contribution in [2.75, 3.05) is 23.3 Å². The minimum Gasteiger partial charge on any atom is -0.497 e. The average Bonchev–Trinajstić information content (AvgIpc) is 3.25. The van der Waals surface area contributed by atoms with Crippen LogP contribution in [0.25, 0.3) is 0 Å². The SMILES string of the molecule is CC[C@H](C(=O)Nc1nnc(S(=O)(=O)N(CC)c2ccc(OC)cc2)s1)c1ccccc1. The zero-order valence-corrected chi connectivity index (χ0v) is 19.1. The molecule has 1 atom stereocenters. The normalized spacial score (nSPS) is 12.2. The molecular weight excluding hydrogens is 436 g/mol. The molecule has 31 heavy (non-hydrogen) atoms. The summed E-state index contributed by atoms with van der Waals surface area (Å²) < 4.78 is 32.4. The second-order valence-corrected chi connectivity index (χ2v) is 9.62. The van der Waals surface area contributed by atoms with Gasteiger partial charge in [-0.15, -0.1) is 10.2 Å². The number of carbonyl (C=O) groups is 1. The van der Waals surface area contributed by atoms with Crippen LogP contribution >= 0.6 is 11.3 Å². The van der Waals surface area contributed by atoms with Crippen LogP contribution in [-0.2, 0) is 14.8 Å². The van der Waals surface area contributed by atoms with Gasteiger partial charge in [0.05, 0.1) is 18.7 Å². The number of ether oxygens (including phenoxy) is 1. The number of nitrogens with one attached hydrogen (secondary N) is 1. The molecule has 1 heterocycles. The molecule has 10 heteroatoms. The lowest BCUT2D eigenvalue weighted by Crippen LogP contribution is -2.30. The number of hydrogen-bond donors (Lipinski definition) is 1. The number of sulfonamides is 1. The van der Waals surface area contributed by atoms with Gasteiger partial charge in [-0.3, -0.25) is 14.4 Å². The molecule has 0 saturated carbocycles. The van der Waals surface area contributed by atoms with Gasteiger partial charge in [-0.25, -0.2) is 0 Å². The number of amides is 1. The third-order valence-corrected chi connectivity index (χ3v) is 7.81. The first-order valence-electron chi connectivity index (χ1n) is 9.76. The first-order valence-corrected chi connectivity index (χ1v) is 12.0. The Bertz CT molecular complexity index is 1120. The van der Waals surface area contributed by atoms with Crippen molar-refractivity contribution < 1.29 is 17.9 Å². The van der Waals surface area contributed by atoms with E-state index in [4.69, 9.17) is 4.74 Å². The van der Waals surface area contributed by atoms with Crippen molar-refractivity contribution in [1.29, 1.82) is 0 Å². The largest absolute Gasteiger partial charge is 0.497 e. The van der Waals surface area contributed by atoms with Crippen molar-refractivity contribution in [3.63, 3.8) is 0 Å². The standard InChI is InChI=1S/C21H24N4O4S2/c1-4-18(15-9-7-6-8-10-15)19(26)22-20-23-24-21(30-20)31(27,28)25(5-2)16-11-13-17(29-3)14-12-16/h6-14,18H,4-5H2,1-3H3,(H,22,23,26)/t18-/m0/s1. The van der Waals surface area contributed by atoms with Crippen LogP contribution in [0.3, 0.4) is 0 Å². The van der Waals surface area contributed by atoms with Gasteiger partial charge in [0, 0.05) is 6.54 Å². The smallest absolute Gasteiger partial charge is 0.293 e. The average molecular weight is 461 g/mol. The molecule has 0 aliphatic rings. The van der Waals surface area contributed by atoms with Gasteiger partial charge < -0.3 is 4.74 Å². The zero-order valence-electron chi connectivity index (χ0n) is 17.5. The van der Waals surface area contributed by atoms with Crippen LogP contribution in [0.4, 0.5) is 10.8 Å². The quantitative estimate of drug-likeness (QED) is 0.486. The van der Waals surface area contributed by atoms with E-state index in [0.29, 0.717) is 17.9 Å². The number of aromatic nitrogens is 2. The van der Waals surface area contributed by atoms with Gasteiger partial charge >= 0.3 is 0 Å². The minimum absolute atomic E-state index is 0.142. The molecule has 0 aliphatic heterocycles. The van der Waals surface area contributed by atoms with E-state index in [2.05, 4.69) is 15.5 Å². The van der Waals surface area contributed by atoms with Gasteiger partial charge in [0.25, 0.3) is 14.4 Å². The van der Waals surface area contributed by atoms with E-state index in [1.54, 1.807) is 38.3 Å². The third kappa shape index (κ3) is 5.02. The molecule has 0 fully saturated rings. The van der Waals surface area contributed by atoms with Crippen molar-refractivity contribution in [3.8, 4) is 5.75 Å². The fourth-order valence-electron chi connectivity index (χ4n) is 3.15. The molecule has 1 N–H and O–H groups in total. The van der Waals surface area contributed by atoms with E-state index < -0.39 is 10.0 Å². The van der Waals surface area contributed by atoms with E-state index >= 15 is 0 Å². The highest BCUT2D eigenvalue weighted by Gasteiger charge is 2.29. The van der Waals surface area contributed by atoms with Crippen molar-refractivity contribution in [3.05, 3.63) is 60.2 Å². The molecule has 0 unspecified atom stereocenters. The summed E-state index contributed by atoms with van der Waals surface area (Å²) in [6, 6.07) is 16.1. The summed E-state index contributed by atoms with van der Waals surface area (Å²) in [6.45, 7) is 3.86.